The highest BCUT2D eigenvalue weighted by molar-refractivity contribution is 6.23. The van der Waals surface area contributed by atoms with E-state index in [2.05, 4.69) is 4.74 Å². The predicted molar refractivity (Wildman–Crippen MR) is 99.9 cm³/mol. The maximum Gasteiger partial charge on any atom is 0.307 e. The van der Waals surface area contributed by atoms with Crippen molar-refractivity contribution in [2.45, 2.75) is 26.3 Å². The van der Waals surface area contributed by atoms with Crippen molar-refractivity contribution in [1.82, 2.24) is 4.90 Å². The van der Waals surface area contributed by atoms with Crippen molar-refractivity contribution in [2.75, 3.05) is 7.11 Å². The molecular formula is C20H18N2O6. The van der Waals surface area contributed by atoms with Crippen molar-refractivity contribution < 1.29 is 24.0 Å². The second-order valence-electron chi connectivity index (χ2n) is 6.57. The maximum atomic E-state index is 12.9. The molecule has 1 atom stereocenters. The fourth-order valence-corrected chi connectivity index (χ4v) is 3.40. The number of carbonyl (C=O) groups excluding carboxylic acids is 3. The third-order valence-electron chi connectivity index (χ3n) is 4.87. The number of methoxy groups -OCH3 is 1. The normalized spacial score (nSPS) is 14.0. The van der Waals surface area contributed by atoms with Gasteiger partial charge in [0, 0.05) is 18.2 Å². The number of fused-ring (bicyclic) bond motifs is 1. The van der Waals surface area contributed by atoms with Crippen LogP contribution >= 0.6 is 0 Å². The van der Waals surface area contributed by atoms with E-state index in [9.17, 15) is 24.5 Å². The zero-order valence-electron chi connectivity index (χ0n) is 15.6. The number of imide groups is 1. The van der Waals surface area contributed by atoms with E-state index >= 15 is 0 Å². The SMILES string of the molecule is COC(=O)CC(C)N1C(=O)c2ccc(-c3ccc([N+](=O)[O-])cc3)c(C)c2C1=O. The molecule has 0 fully saturated rings. The Morgan fingerprint density at radius 3 is 2.29 bits per heavy atom. The van der Waals surface area contributed by atoms with E-state index in [1.54, 1.807) is 38.1 Å². The third-order valence-corrected chi connectivity index (χ3v) is 4.87. The Labute approximate surface area is 160 Å². The highest BCUT2D eigenvalue weighted by Gasteiger charge is 2.40. The average molecular weight is 382 g/mol. The van der Waals surface area contributed by atoms with Crippen LogP contribution in [0.15, 0.2) is 36.4 Å². The molecule has 0 saturated carbocycles. The molecule has 0 aromatic heterocycles. The van der Waals surface area contributed by atoms with Gasteiger partial charge in [0.2, 0.25) is 0 Å². The van der Waals surface area contributed by atoms with Gasteiger partial charge in [0.1, 0.15) is 0 Å². The summed E-state index contributed by atoms with van der Waals surface area (Å²) in [6.45, 7) is 3.35. The van der Waals surface area contributed by atoms with E-state index in [0.29, 0.717) is 16.7 Å². The van der Waals surface area contributed by atoms with Gasteiger partial charge in [-0.05, 0) is 48.7 Å². The highest BCUT2D eigenvalue weighted by Crippen LogP contribution is 2.34. The van der Waals surface area contributed by atoms with Gasteiger partial charge in [0.15, 0.2) is 0 Å². The zero-order chi connectivity index (χ0) is 20.6. The molecule has 0 bridgehead atoms. The van der Waals surface area contributed by atoms with Crippen molar-refractivity contribution >= 4 is 23.5 Å². The third kappa shape index (κ3) is 3.13. The Kier molecular flexibility index (Phi) is 4.96. The summed E-state index contributed by atoms with van der Waals surface area (Å²) >= 11 is 0. The van der Waals surface area contributed by atoms with Gasteiger partial charge in [-0.25, -0.2) is 0 Å². The number of hydrogen-bond donors (Lipinski definition) is 0. The summed E-state index contributed by atoms with van der Waals surface area (Å²) in [6, 6.07) is 8.64. The fourth-order valence-electron chi connectivity index (χ4n) is 3.40. The summed E-state index contributed by atoms with van der Waals surface area (Å²) in [5.41, 5.74) is 2.56. The molecule has 1 aliphatic rings. The monoisotopic (exact) mass is 382 g/mol. The first-order valence-electron chi connectivity index (χ1n) is 8.59. The Morgan fingerprint density at radius 1 is 1.11 bits per heavy atom. The summed E-state index contributed by atoms with van der Waals surface area (Å²) in [5, 5.41) is 10.8. The van der Waals surface area contributed by atoms with Crippen LogP contribution < -0.4 is 0 Å². The van der Waals surface area contributed by atoms with E-state index in [1.807, 2.05) is 0 Å². The molecule has 0 saturated heterocycles. The lowest BCUT2D eigenvalue weighted by Gasteiger charge is -2.21. The molecule has 2 aromatic rings. The van der Waals surface area contributed by atoms with Crippen LogP contribution in [0.2, 0.25) is 0 Å². The summed E-state index contributed by atoms with van der Waals surface area (Å²) in [5.74, 6) is -1.42. The number of esters is 1. The predicted octanol–water partition coefficient (Wildman–Crippen LogP) is 3.12. The largest absolute Gasteiger partial charge is 0.469 e. The van der Waals surface area contributed by atoms with E-state index < -0.39 is 28.7 Å². The van der Waals surface area contributed by atoms with Gasteiger partial charge in [0.05, 0.1) is 29.6 Å². The first-order chi connectivity index (χ1) is 13.3. The van der Waals surface area contributed by atoms with Crippen LogP contribution in [0.3, 0.4) is 0 Å². The fraction of sp³-hybridized carbons (Fsp3) is 0.250. The van der Waals surface area contributed by atoms with Crippen molar-refractivity contribution in [3.05, 3.63) is 63.2 Å². The minimum atomic E-state index is -0.637. The number of nitrogens with zero attached hydrogens (tertiary/aromatic N) is 2. The minimum absolute atomic E-state index is 0.0309. The van der Waals surface area contributed by atoms with Crippen LogP contribution in [-0.2, 0) is 9.53 Å². The molecule has 8 nitrogen and oxygen atoms in total. The Bertz CT molecular complexity index is 997. The van der Waals surface area contributed by atoms with Crippen LogP contribution in [0.25, 0.3) is 11.1 Å². The number of nitro groups is 1. The van der Waals surface area contributed by atoms with Crippen molar-refractivity contribution in [1.29, 1.82) is 0 Å². The van der Waals surface area contributed by atoms with E-state index in [-0.39, 0.29) is 23.2 Å². The molecule has 8 heteroatoms. The number of hydrogen-bond acceptors (Lipinski definition) is 6. The quantitative estimate of drug-likeness (QED) is 0.340. The number of ether oxygens (including phenoxy) is 1. The van der Waals surface area contributed by atoms with E-state index in [0.717, 1.165) is 4.90 Å². The number of non-ortho nitro benzene ring substituents is 1. The summed E-state index contributed by atoms with van der Waals surface area (Å²) in [7, 11) is 1.25. The Balaban J connectivity index is 1.99. The number of rotatable bonds is 5. The number of benzene rings is 2. The van der Waals surface area contributed by atoms with Gasteiger partial charge in [-0.15, -0.1) is 0 Å². The minimum Gasteiger partial charge on any atom is -0.469 e. The molecule has 0 radical (unpaired) electrons. The maximum absolute atomic E-state index is 12.9. The van der Waals surface area contributed by atoms with E-state index in [4.69, 9.17) is 0 Å². The molecule has 1 aliphatic heterocycles. The summed E-state index contributed by atoms with van der Waals surface area (Å²) < 4.78 is 4.62. The molecule has 2 aromatic carbocycles. The van der Waals surface area contributed by atoms with E-state index in [1.165, 1.54) is 19.2 Å². The van der Waals surface area contributed by atoms with Gasteiger partial charge in [0.25, 0.3) is 17.5 Å². The molecular weight excluding hydrogens is 364 g/mol. The van der Waals surface area contributed by atoms with Gasteiger partial charge in [-0.3, -0.25) is 29.4 Å². The van der Waals surface area contributed by atoms with Crippen LogP contribution in [0.4, 0.5) is 5.69 Å². The topological polar surface area (TPSA) is 107 Å². The summed E-state index contributed by atoms with van der Waals surface area (Å²) in [4.78, 5) is 48.6. The number of carbonyl (C=O) groups is 3. The molecule has 3 rings (SSSR count). The van der Waals surface area contributed by atoms with Gasteiger partial charge in [-0.1, -0.05) is 6.07 Å². The molecule has 2 amide bonds. The first kappa shape index (κ1) is 19.2. The van der Waals surface area contributed by atoms with Crippen molar-refractivity contribution in [3.8, 4) is 11.1 Å². The lowest BCUT2D eigenvalue weighted by molar-refractivity contribution is -0.384. The molecule has 28 heavy (non-hydrogen) atoms. The lowest BCUT2D eigenvalue weighted by Crippen LogP contribution is -2.39. The summed E-state index contributed by atoms with van der Waals surface area (Å²) in [6.07, 6.45) is -0.0871. The van der Waals surface area contributed by atoms with Crippen LogP contribution in [0, 0.1) is 17.0 Å². The van der Waals surface area contributed by atoms with Crippen LogP contribution in [-0.4, -0.2) is 40.8 Å². The van der Waals surface area contributed by atoms with Crippen molar-refractivity contribution in [2.24, 2.45) is 0 Å². The zero-order valence-corrected chi connectivity index (χ0v) is 15.6. The molecule has 0 spiro atoms. The first-order valence-corrected chi connectivity index (χ1v) is 8.59. The molecule has 0 N–H and O–H groups in total. The molecule has 0 aliphatic carbocycles. The smallest absolute Gasteiger partial charge is 0.307 e. The number of nitro benzene ring substituents is 1. The van der Waals surface area contributed by atoms with Crippen molar-refractivity contribution in [3.63, 3.8) is 0 Å². The molecule has 1 heterocycles. The second kappa shape index (κ2) is 7.22. The standard InChI is InChI=1S/C20H18N2O6/c1-11(10-17(23)28-3)21-19(24)16-9-8-15(12(2)18(16)20(21)25)13-4-6-14(7-5-13)22(26)27/h4-9,11H,10H2,1-3H3. The molecule has 144 valence electrons. The second-order valence-corrected chi connectivity index (χ2v) is 6.57. The van der Waals surface area contributed by atoms with Gasteiger partial charge in [-0.2, -0.15) is 0 Å². The lowest BCUT2D eigenvalue weighted by atomic mass is 9.93. The molecule has 1 unspecified atom stereocenters. The van der Waals surface area contributed by atoms with Gasteiger partial charge < -0.3 is 4.74 Å². The Morgan fingerprint density at radius 2 is 1.71 bits per heavy atom. The van der Waals surface area contributed by atoms with Crippen LogP contribution in [0.5, 0.6) is 0 Å². The van der Waals surface area contributed by atoms with Gasteiger partial charge >= 0.3 is 5.97 Å². The van der Waals surface area contributed by atoms with Crippen LogP contribution in [0.1, 0.15) is 39.6 Å². The highest BCUT2D eigenvalue weighted by atomic mass is 16.6. The average Bonchev–Trinajstić information content (AvgIpc) is 2.93. The Hall–Kier alpha value is -3.55. The number of amides is 2.